The van der Waals surface area contributed by atoms with Crippen molar-refractivity contribution in [1.82, 2.24) is 4.72 Å². The number of hydrogen-bond acceptors (Lipinski definition) is 5. The summed E-state index contributed by atoms with van der Waals surface area (Å²) >= 11 is 0. The van der Waals surface area contributed by atoms with E-state index in [0.29, 0.717) is 0 Å². The summed E-state index contributed by atoms with van der Waals surface area (Å²) in [4.78, 5) is 10.7. The van der Waals surface area contributed by atoms with E-state index in [0.717, 1.165) is 18.2 Å². The van der Waals surface area contributed by atoms with E-state index in [2.05, 4.69) is 9.47 Å². The van der Waals surface area contributed by atoms with E-state index in [4.69, 9.17) is 5.11 Å². The lowest BCUT2D eigenvalue weighted by Gasteiger charge is -2.16. The Morgan fingerprint density at radius 3 is 2.48 bits per heavy atom. The van der Waals surface area contributed by atoms with Crippen LogP contribution >= 0.6 is 0 Å². The summed E-state index contributed by atoms with van der Waals surface area (Å²) in [5.74, 6) is -2.12. The number of benzene rings is 1. The number of halogens is 2. The van der Waals surface area contributed by atoms with Gasteiger partial charge in [-0.05, 0) is 24.5 Å². The molecule has 0 saturated carbocycles. The van der Waals surface area contributed by atoms with Gasteiger partial charge in [0.1, 0.15) is 6.04 Å². The number of ether oxygens (including phenoxy) is 2. The van der Waals surface area contributed by atoms with Crippen LogP contribution in [0.15, 0.2) is 23.1 Å². The Balaban J connectivity index is 2.25. The SMILES string of the molecule is CC(C)CC(NS(=O)(=O)c1ccc2c(c1)OC(F)(F)O2)C(=O)O. The molecular formula is C13H15F2NO6S. The Labute approximate surface area is 131 Å². The van der Waals surface area contributed by atoms with Crippen LogP contribution in [0.25, 0.3) is 0 Å². The lowest BCUT2D eigenvalue weighted by molar-refractivity contribution is -0.286. The number of hydrogen-bond donors (Lipinski definition) is 2. The summed E-state index contributed by atoms with van der Waals surface area (Å²) in [7, 11) is -4.22. The number of carboxylic acid groups (broad SMARTS) is 1. The number of aliphatic carboxylic acids is 1. The molecule has 0 amide bonds. The van der Waals surface area contributed by atoms with Crippen molar-refractivity contribution >= 4 is 16.0 Å². The van der Waals surface area contributed by atoms with Gasteiger partial charge < -0.3 is 14.6 Å². The lowest BCUT2D eigenvalue weighted by Crippen LogP contribution is -2.41. The van der Waals surface area contributed by atoms with Crippen molar-refractivity contribution in [3.8, 4) is 11.5 Å². The van der Waals surface area contributed by atoms with Crippen molar-refractivity contribution in [3.63, 3.8) is 0 Å². The van der Waals surface area contributed by atoms with Crippen molar-refractivity contribution in [1.29, 1.82) is 0 Å². The summed E-state index contributed by atoms with van der Waals surface area (Å²) in [5, 5.41) is 9.09. The average Bonchev–Trinajstić information content (AvgIpc) is 2.69. The van der Waals surface area contributed by atoms with E-state index in [1.54, 1.807) is 13.8 Å². The first-order chi connectivity index (χ1) is 10.5. The molecule has 7 nitrogen and oxygen atoms in total. The quantitative estimate of drug-likeness (QED) is 0.810. The van der Waals surface area contributed by atoms with E-state index in [-0.39, 0.29) is 18.1 Å². The molecule has 1 heterocycles. The molecule has 128 valence electrons. The van der Waals surface area contributed by atoms with Crippen molar-refractivity contribution in [3.05, 3.63) is 18.2 Å². The maximum absolute atomic E-state index is 12.9. The fourth-order valence-corrected chi connectivity index (χ4v) is 3.24. The third-order valence-electron chi connectivity index (χ3n) is 2.99. The summed E-state index contributed by atoms with van der Waals surface area (Å²) < 4.78 is 60.7. The standard InChI is InChI=1S/C13H15F2NO6S/c1-7(2)5-9(12(17)18)16-23(19,20)8-3-4-10-11(6-8)22-13(14,15)21-10/h3-4,6-7,9,16H,5H2,1-2H3,(H,17,18). The molecule has 0 fully saturated rings. The molecule has 0 spiro atoms. The molecule has 2 N–H and O–H groups in total. The fraction of sp³-hybridized carbons (Fsp3) is 0.462. The van der Waals surface area contributed by atoms with E-state index >= 15 is 0 Å². The summed E-state index contributed by atoms with van der Waals surface area (Å²) in [5.41, 5.74) is 0. The Hall–Kier alpha value is -1.94. The third-order valence-corrected chi connectivity index (χ3v) is 4.45. The molecule has 1 aliphatic heterocycles. The summed E-state index contributed by atoms with van der Waals surface area (Å²) in [6.07, 6.45) is -3.78. The minimum atomic E-state index is -4.22. The van der Waals surface area contributed by atoms with Crippen molar-refractivity contribution < 1.29 is 36.6 Å². The highest BCUT2D eigenvalue weighted by Crippen LogP contribution is 2.41. The molecule has 0 aromatic heterocycles. The second kappa shape index (κ2) is 5.93. The zero-order valence-corrected chi connectivity index (χ0v) is 13.1. The van der Waals surface area contributed by atoms with Gasteiger partial charge >= 0.3 is 12.3 Å². The second-order valence-corrected chi connectivity index (χ2v) is 7.13. The van der Waals surface area contributed by atoms with Crippen LogP contribution < -0.4 is 14.2 Å². The van der Waals surface area contributed by atoms with Crippen LogP contribution in [0.3, 0.4) is 0 Å². The van der Waals surface area contributed by atoms with Crippen LogP contribution in [0.1, 0.15) is 20.3 Å². The minimum Gasteiger partial charge on any atom is -0.480 e. The smallest absolute Gasteiger partial charge is 0.480 e. The topological polar surface area (TPSA) is 102 Å². The number of fused-ring (bicyclic) bond motifs is 1. The zero-order valence-electron chi connectivity index (χ0n) is 12.2. The van der Waals surface area contributed by atoms with Gasteiger partial charge in [-0.1, -0.05) is 13.8 Å². The molecule has 0 aliphatic carbocycles. The molecule has 1 aromatic carbocycles. The van der Waals surface area contributed by atoms with Crippen LogP contribution in [0.5, 0.6) is 11.5 Å². The number of sulfonamides is 1. The predicted octanol–water partition coefficient (Wildman–Crippen LogP) is 1.79. The highest BCUT2D eigenvalue weighted by Gasteiger charge is 2.44. The van der Waals surface area contributed by atoms with Crippen LogP contribution in [0.2, 0.25) is 0 Å². The monoisotopic (exact) mass is 351 g/mol. The normalized spacial score (nSPS) is 17.3. The fourth-order valence-electron chi connectivity index (χ4n) is 2.02. The Morgan fingerprint density at radius 2 is 1.91 bits per heavy atom. The van der Waals surface area contributed by atoms with Gasteiger partial charge in [0.15, 0.2) is 11.5 Å². The van der Waals surface area contributed by atoms with E-state index in [9.17, 15) is 22.0 Å². The molecule has 1 unspecified atom stereocenters. The Bertz CT molecular complexity index is 719. The van der Waals surface area contributed by atoms with Crippen LogP contribution in [-0.4, -0.2) is 31.8 Å². The van der Waals surface area contributed by atoms with Crippen molar-refractivity contribution in [2.24, 2.45) is 5.92 Å². The molecule has 0 bridgehead atoms. The van der Waals surface area contributed by atoms with Crippen LogP contribution in [-0.2, 0) is 14.8 Å². The van der Waals surface area contributed by atoms with Crippen molar-refractivity contribution in [2.45, 2.75) is 37.5 Å². The van der Waals surface area contributed by atoms with Gasteiger partial charge in [-0.25, -0.2) is 8.42 Å². The molecule has 23 heavy (non-hydrogen) atoms. The Morgan fingerprint density at radius 1 is 1.30 bits per heavy atom. The summed E-state index contributed by atoms with van der Waals surface area (Å²) in [6, 6.07) is 1.57. The summed E-state index contributed by atoms with van der Waals surface area (Å²) in [6.45, 7) is 3.49. The average molecular weight is 351 g/mol. The molecule has 0 radical (unpaired) electrons. The maximum atomic E-state index is 12.9. The van der Waals surface area contributed by atoms with Crippen LogP contribution in [0, 0.1) is 5.92 Å². The Kier molecular flexibility index (Phi) is 4.49. The number of carbonyl (C=O) groups is 1. The largest absolute Gasteiger partial charge is 0.586 e. The first kappa shape index (κ1) is 17.4. The minimum absolute atomic E-state index is 0.0609. The van der Waals surface area contributed by atoms with Gasteiger partial charge in [-0.3, -0.25) is 4.79 Å². The highest BCUT2D eigenvalue weighted by molar-refractivity contribution is 7.89. The molecular weight excluding hydrogens is 336 g/mol. The van der Waals surface area contributed by atoms with Gasteiger partial charge in [0.05, 0.1) is 4.90 Å². The van der Waals surface area contributed by atoms with Crippen LogP contribution in [0.4, 0.5) is 8.78 Å². The predicted molar refractivity (Wildman–Crippen MR) is 73.8 cm³/mol. The highest BCUT2D eigenvalue weighted by atomic mass is 32.2. The maximum Gasteiger partial charge on any atom is 0.586 e. The van der Waals surface area contributed by atoms with E-state index in [1.165, 1.54) is 0 Å². The zero-order chi connectivity index (χ0) is 17.4. The van der Waals surface area contributed by atoms with E-state index < -0.39 is 39.0 Å². The second-order valence-electron chi connectivity index (χ2n) is 5.42. The van der Waals surface area contributed by atoms with Gasteiger partial charge in [0.2, 0.25) is 10.0 Å². The van der Waals surface area contributed by atoms with Gasteiger partial charge in [-0.15, -0.1) is 8.78 Å². The van der Waals surface area contributed by atoms with Gasteiger partial charge in [0.25, 0.3) is 0 Å². The molecule has 2 rings (SSSR count). The van der Waals surface area contributed by atoms with Gasteiger partial charge in [0, 0.05) is 6.07 Å². The molecule has 1 aliphatic rings. The number of rotatable bonds is 6. The van der Waals surface area contributed by atoms with Gasteiger partial charge in [-0.2, -0.15) is 4.72 Å². The molecule has 1 aromatic rings. The molecule has 10 heteroatoms. The third kappa shape index (κ3) is 4.08. The lowest BCUT2D eigenvalue weighted by atomic mass is 10.1. The number of carboxylic acids is 1. The first-order valence-corrected chi connectivity index (χ1v) is 8.13. The number of alkyl halides is 2. The molecule has 0 saturated heterocycles. The molecule has 1 atom stereocenters. The first-order valence-electron chi connectivity index (χ1n) is 6.65. The van der Waals surface area contributed by atoms with Crippen molar-refractivity contribution in [2.75, 3.05) is 0 Å². The number of nitrogens with one attached hydrogen (secondary N) is 1. The van der Waals surface area contributed by atoms with E-state index in [1.807, 2.05) is 4.72 Å².